The van der Waals surface area contributed by atoms with Crippen molar-refractivity contribution in [3.8, 4) is 5.69 Å². The van der Waals surface area contributed by atoms with Gasteiger partial charge in [0.05, 0.1) is 17.2 Å². The average Bonchev–Trinajstić information content (AvgIpc) is 2.96. The van der Waals surface area contributed by atoms with Gasteiger partial charge in [-0.3, -0.25) is 0 Å². The molecule has 0 fully saturated rings. The van der Waals surface area contributed by atoms with Crippen LogP contribution in [0.1, 0.15) is 24.7 Å². The highest BCUT2D eigenvalue weighted by molar-refractivity contribution is 7.89. The minimum absolute atomic E-state index is 0.0977. The molecule has 1 atom stereocenters. The van der Waals surface area contributed by atoms with E-state index < -0.39 is 15.8 Å². The van der Waals surface area contributed by atoms with Gasteiger partial charge >= 0.3 is 0 Å². The first-order chi connectivity index (χ1) is 12.3. The third kappa shape index (κ3) is 3.92. The highest BCUT2D eigenvalue weighted by atomic mass is 32.2. The molecule has 3 N–H and O–H groups in total. The van der Waals surface area contributed by atoms with E-state index in [0.717, 1.165) is 18.1 Å². The number of halogens is 1. The SMILES string of the molecule is CC1C=C(Cc2cc(CO)nn2-c2ccc(S(N)(=O)=O)cc2F)C=CC1. The van der Waals surface area contributed by atoms with Crippen molar-refractivity contribution in [1.82, 2.24) is 9.78 Å². The number of aliphatic hydroxyl groups is 1. The van der Waals surface area contributed by atoms with Crippen LogP contribution in [0.2, 0.25) is 0 Å². The van der Waals surface area contributed by atoms with E-state index in [4.69, 9.17) is 5.14 Å². The standard InChI is InChI=1S/C18H20FN3O3S/c1-12-3-2-4-13(7-12)8-15-9-14(11-23)21-22(15)18-6-5-16(10-17(18)19)26(20,24)25/h2,4-7,9-10,12,23H,3,8,11H2,1H3,(H2,20,24,25). The lowest BCUT2D eigenvalue weighted by Gasteiger charge is -2.14. The molecule has 138 valence electrons. The molecule has 1 aromatic carbocycles. The van der Waals surface area contributed by atoms with Gasteiger partial charge in [0, 0.05) is 12.1 Å². The maximum absolute atomic E-state index is 14.5. The molecular weight excluding hydrogens is 357 g/mol. The lowest BCUT2D eigenvalue weighted by atomic mass is 9.95. The smallest absolute Gasteiger partial charge is 0.238 e. The second-order valence-electron chi connectivity index (χ2n) is 6.39. The molecule has 2 aromatic rings. The van der Waals surface area contributed by atoms with Crippen molar-refractivity contribution in [3.05, 3.63) is 65.3 Å². The Balaban J connectivity index is 2.02. The van der Waals surface area contributed by atoms with E-state index in [-0.39, 0.29) is 17.2 Å². The molecule has 0 saturated carbocycles. The molecule has 3 rings (SSSR count). The molecule has 0 spiro atoms. The predicted molar refractivity (Wildman–Crippen MR) is 95.5 cm³/mol. The summed E-state index contributed by atoms with van der Waals surface area (Å²) in [6, 6.07) is 5.14. The zero-order valence-electron chi connectivity index (χ0n) is 14.3. The highest BCUT2D eigenvalue weighted by Crippen LogP contribution is 2.24. The molecular formula is C18H20FN3O3S. The first kappa shape index (κ1) is 18.5. The fraction of sp³-hybridized carbons (Fsp3) is 0.278. The zero-order chi connectivity index (χ0) is 18.9. The van der Waals surface area contributed by atoms with Crippen LogP contribution in [0.15, 0.2) is 53.0 Å². The Morgan fingerprint density at radius 2 is 2.15 bits per heavy atom. The molecule has 0 bridgehead atoms. The normalized spacial score (nSPS) is 17.4. The van der Waals surface area contributed by atoms with E-state index in [2.05, 4.69) is 24.2 Å². The third-order valence-corrected chi connectivity index (χ3v) is 5.11. The van der Waals surface area contributed by atoms with Gasteiger partial charge in [-0.15, -0.1) is 0 Å². The Morgan fingerprint density at radius 1 is 1.38 bits per heavy atom. The van der Waals surface area contributed by atoms with Crippen molar-refractivity contribution in [2.24, 2.45) is 11.1 Å². The molecule has 0 amide bonds. The fourth-order valence-electron chi connectivity index (χ4n) is 2.97. The van der Waals surface area contributed by atoms with E-state index >= 15 is 0 Å². The number of hydrogen-bond acceptors (Lipinski definition) is 4. The van der Waals surface area contributed by atoms with Crippen molar-refractivity contribution in [2.45, 2.75) is 31.3 Å². The Labute approximate surface area is 151 Å². The Morgan fingerprint density at radius 3 is 2.77 bits per heavy atom. The van der Waals surface area contributed by atoms with Gasteiger partial charge < -0.3 is 5.11 Å². The molecule has 1 aliphatic carbocycles. The molecule has 6 nitrogen and oxygen atoms in total. The number of aromatic nitrogens is 2. The predicted octanol–water partition coefficient (Wildman–Crippen LogP) is 2.22. The Kier molecular flexibility index (Phi) is 5.08. The summed E-state index contributed by atoms with van der Waals surface area (Å²) in [6.45, 7) is 1.84. The number of benzene rings is 1. The van der Waals surface area contributed by atoms with Crippen molar-refractivity contribution in [3.63, 3.8) is 0 Å². The van der Waals surface area contributed by atoms with Crippen molar-refractivity contribution >= 4 is 10.0 Å². The molecule has 0 radical (unpaired) electrons. The highest BCUT2D eigenvalue weighted by Gasteiger charge is 2.17. The molecule has 0 saturated heterocycles. The Bertz CT molecular complexity index is 993. The van der Waals surface area contributed by atoms with Gasteiger partial charge in [0.1, 0.15) is 11.5 Å². The molecule has 26 heavy (non-hydrogen) atoms. The van der Waals surface area contributed by atoms with Crippen LogP contribution in [0.5, 0.6) is 0 Å². The molecule has 1 aliphatic rings. The van der Waals surface area contributed by atoms with Gasteiger partial charge in [0.25, 0.3) is 0 Å². The molecule has 0 aliphatic heterocycles. The zero-order valence-corrected chi connectivity index (χ0v) is 15.1. The monoisotopic (exact) mass is 377 g/mol. The topological polar surface area (TPSA) is 98.2 Å². The number of rotatable bonds is 5. The summed E-state index contributed by atoms with van der Waals surface area (Å²) in [7, 11) is -3.99. The van der Waals surface area contributed by atoms with Crippen LogP contribution in [0.4, 0.5) is 4.39 Å². The molecule has 1 heterocycles. The van der Waals surface area contributed by atoms with Crippen LogP contribution in [0, 0.1) is 11.7 Å². The third-order valence-electron chi connectivity index (χ3n) is 4.20. The van der Waals surface area contributed by atoms with Crippen LogP contribution in [-0.4, -0.2) is 23.3 Å². The summed E-state index contributed by atoms with van der Waals surface area (Å²) < 4.78 is 38.7. The number of nitrogens with zero attached hydrogens (tertiary/aromatic N) is 2. The minimum atomic E-state index is -3.99. The number of allylic oxidation sites excluding steroid dienone is 4. The number of nitrogens with two attached hydrogens (primary N) is 1. The van der Waals surface area contributed by atoms with Crippen LogP contribution < -0.4 is 5.14 Å². The van der Waals surface area contributed by atoms with E-state index in [1.54, 1.807) is 6.07 Å². The van der Waals surface area contributed by atoms with Gasteiger partial charge in [-0.2, -0.15) is 5.10 Å². The van der Waals surface area contributed by atoms with Crippen LogP contribution in [0.3, 0.4) is 0 Å². The summed E-state index contributed by atoms with van der Waals surface area (Å²) in [5.41, 5.74) is 2.28. The number of aliphatic hydroxyl groups excluding tert-OH is 1. The summed E-state index contributed by atoms with van der Waals surface area (Å²) in [4.78, 5) is -0.304. The van der Waals surface area contributed by atoms with Crippen molar-refractivity contribution in [1.29, 1.82) is 0 Å². The van der Waals surface area contributed by atoms with Crippen LogP contribution in [-0.2, 0) is 23.1 Å². The lowest BCUT2D eigenvalue weighted by Crippen LogP contribution is -2.13. The number of hydrogen-bond donors (Lipinski definition) is 2. The van der Waals surface area contributed by atoms with Crippen LogP contribution >= 0.6 is 0 Å². The summed E-state index contributed by atoms with van der Waals surface area (Å²) in [6.07, 6.45) is 7.76. The van der Waals surface area contributed by atoms with Gasteiger partial charge in [-0.25, -0.2) is 22.6 Å². The number of sulfonamides is 1. The van der Waals surface area contributed by atoms with Gasteiger partial charge in [-0.05, 0) is 42.2 Å². The van der Waals surface area contributed by atoms with Crippen molar-refractivity contribution in [2.75, 3.05) is 0 Å². The van der Waals surface area contributed by atoms with Crippen molar-refractivity contribution < 1.29 is 17.9 Å². The largest absolute Gasteiger partial charge is 0.390 e. The second-order valence-corrected chi connectivity index (χ2v) is 7.95. The van der Waals surface area contributed by atoms with Crippen LogP contribution in [0.25, 0.3) is 5.69 Å². The van der Waals surface area contributed by atoms with Gasteiger partial charge in [0.15, 0.2) is 0 Å². The van der Waals surface area contributed by atoms with Gasteiger partial charge in [0.2, 0.25) is 10.0 Å². The summed E-state index contributed by atoms with van der Waals surface area (Å²) >= 11 is 0. The fourth-order valence-corrected chi connectivity index (χ4v) is 3.50. The number of primary sulfonamides is 1. The van der Waals surface area contributed by atoms with Gasteiger partial charge in [-0.1, -0.05) is 25.2 Å². The molecule has 1 aromatic heterocycles. The minimum Gasteiger partial charge on any atom is -0.390 e. The second kappa shape index (κ2) is 7.14. The van der Waals surface area contributed by atoms with E-state index in [1.165, 1.54) is 16.8 Å². The molecule has 1 unspecified atom stereocenters. The first-order valence-electron chi connectivity index (χ1n) is 8.16. The first-order valence-corrected chi connectivity index (χ1v) is 9.71. The van der Waals surface area contributed by atoms with E-state index in [9.17, 15) is 17.9 Å². The summed E-state index contributed by atoms with van der Waals surface area (Å²) in [5.74, 6) is -0.332. The quantitative estimate of drug-likeness (QED) is 0.835. The maximum Gasteiger partial charge on any atom is 0.238 e. The van der Waals surface area contributed by atoms with E-state index in [1.807, 2.05) is 6.08 Å². The molecule has 8 heteroatoms. The Hall–Kier alpha value is -2.29. The summed E-state index contributed by atoms with van der Waals surface area (Å²) in [5, 5.41) is 18.7. The van der Waals surface area contributed by atoms with E-state index in [0.29, 0.717) is 23.7 Å². The average molecular weight is 377 g/mol. The maximum atomic E-state index is 14.5. The lowest BCUT2D eigenvalue weighted by molar-refractivity contribution is 0.276.